The van der Waals surface area contributed by atoms with E-state index in [-0.39, 0.29) is 23.6 Å². The Kier molecular flexibility index (Phi) is 3.22. The fraction of sp³-hybridized carbons (Fsp3) is 0.250. The van der Waals surface area contributed by atoms with Crippen LogP contribution in [0, 0.1) is 0 Å². The van der Waals surface area contributed by atoms with E-state index >= 15 is 0 Å². The van der Waals surface area contributed by atoms with Crippen molar-refractivity contribution < 1.29 is 14.3 Å². The number of nitrogens with two attached hydrogens (primary N) is 1. The highest BCUT2D eigenvalue weighted by molar-refractivity contribution is 5.96. The Morgan fingerprint density at radius 2 is 2.43 bits per heavy atom. The maximum atomic E-state index is 11.8. The standard InChI is InChI=1S/C8H10FN3O2/c9-2-4-12-7-6(10)5(8(13)14)1-3-11-7/h1,3H,2,4,10H2,(H,11,12)(H,13,14). The van der Waals surface area contributed by atoms with Crippen molar-refractivity contribution >= 4 is 17.5 Å². The van der Waals surface area contributed by atoms with Gasteiger partial charge in [-0.15, -0.1) is 0 Å². The van der Waals surface area contributed by atoms with Crippen molar-refractivity contribution in [2.75, 3.05) is 24.3 Å². The molecule has 6 heteroatoms. The summed E-state index contributed by atoms with van der Waals surface area (Å²) in [6, 6.07) is 1.29. The van der Waals surface area contributed by atoms with Gasteiger partial charge in [0.1, 0.15) is 12.5 Å². The molecule has 0 aliphatic rings. The predicted octanol–water partition coefficient (Wildman–Crippen LogP) is 0.743. The topological polar surface area (TPSA) is 88.2 Å². The quantitative estimate of drug-likeness (QED) is 0.665. The number of rotatable bonds is 4. The molecule has 1 rings (SSSR count). The Morgan fingerprint density at radius 3 is 3.00 bits per heavy atom. The van der Waals surface area contributed by atoms with Gasteiger partial charge in [-0.1, -0.05) is 0 Å². The number of pyridine rings is 1. The Hall–Kier alpha value is -1.85. The highest BCUT2D eigenvalue weighted by Crippen LogP contribution is 2.19. The maximum Gasteiger partial charge on any atom is 0.337 e. The summed E-state index contributed by atoms with van der Waals surface area (Å²) in [6.45, 7) is -0.515. The van der Waals surface area contributed by atoms with E-state index in [0.717, 1.165) is 0 Å². The summed E-state index contributed by atoms with van der Waals surface area (Å²) >= 11 is 0. The third kappa shape index (κ3) is 2.09. The molecule has 0 aliphatic heterocycles. The highest BCUT2D eigenvalue weighted by atomic mass is 19.1. The molecule has 0 aliphatic carbocycles. The molecule has 0 unspecified atom stereocenters. The normalized spacial score (nSPS) is 9.79. The van der Waals surface area contributed by atoms with E-state index in [4.69, 9.17) is 10.8 Å². The number of carboxylic acids is 1. The highest BCUT2D eigenvalue weighted by Gasteiger charge is 2.11. The molecule has 0 saturated carbocycles. The SMILES string of the molecule is Nc1c(C(=O)O)ccnc1NCCF. The van der Waals surface area contributed by atoms with E-state index in [1.165, 1.54) is 12.3 Å². The molecule has 0 atom stereocenters. The molecule has 4 N–H and O–H groups in total. The van der Waals surface area contributed by atoms with Crippen LogP contribution in [0.5, 0.6) is 0 Å². The van der Waals surface area contributed by atoms with Crippen LogP contribution in [0.4, 0.5) is 15.9 Å². The smallest absolute Gasteiger partial charge is 0.337 e. The number of hydrogen-bond donors (Lipinski definition) is 3. The van der Waals surface area contributed by atoms with Gasteiger partial charge in [0.25, 0.3) is 0 Å². The van der Waals surface area contributed by atoms with Gasteiger partial charge in [0.15, 0.2) is 0 Å². The first-order chi connectivity index (χ1) is 6.66. The second kappa shape index (κ2) is 4.40. The Balaban J connectivity index is 2.95. The number of carboxylic acid groups (broad SMARTS) is 1. The molecule has 1 aromatic rings. The lowest BCUT2D eigenvalue weighted by atomic mass is 10.2. The summed E-state index contributed by atoms with van der Waals surface area (Å²) in [5.41, 5.74) is 5.48. The molecule has 0 saturated heterocycles. The number of nitrogen functional groups attached to an aromatic ring is 1. The zero-order valence-electron chi connectivity index (χ0n) is 7.33. The number of nitrogens with zero attached hydrogens (tertiary/aromatic N) is 1. The van der Waals surface area contributed by atoms with Crippen LogP contribution < -0.4 is 11.1 Å². The fourth-order valence-corrected chi connectivity index (χ4v) is 0.966. The van der Waals surface area contributed by atoms with Crippen LogP contribution >= 0.6 is 0 Å². The zero-order valence-corrected chi connectivity index (χ0v) is 7.33. The minimum atomic E-state index is -1.13. The zero-order chi connectivity index (χ0) is 10.6. The molecule has 5 nitrogen and oxygen atoms in total. The van der Waals surface area contributed by atoms with Crippen LogP contribution in [-0.2, 0) is 0 Å². The van der Waals surface area contributed by atoms with Crippen LogP contribution in [0.1, 0.15) is 10.4 Å². The summed E-state index contributed by atoms with van der Waals surface area (Å²) in [5, 5.41) is 11.3. The third-order valence-corrected chi connectivity index (χ3v) is 1.61. The van der Waals surface area contributed by atoms with Crippen LogP contribution in [0.2, 0.25) is 0 Å². The number of anilines is 2. The first-order valence-corrected chi connectivity index (χ1v) is 3.94. The summed E-state index contributed by atoms with van der Waals surface area (Å²) in [7, 11) is 0. The maximum absolute atomic E-state index is 11.8. The van der Waals surface area contributed by atoms with Gasteiger partial charge in [-0.3, -0.25) is 0 Å². The summed E-state index contributed by atoms with van der Waals surface area (Å²) in [4.78, 5) is 14.4. The average molecular weight is 199 g/mol. The molecule has 1 heterocycles. The molecule has 0 aromatic carbocycles. The number of halogens is 1. The number of aromatic nitrogens is 1. The van der Waals surface area contributed by atoms with Gasteiger partial charge in [0, 0.05) is 12.7 Å². The molecule has 76 valence electrons. The fourth-order valence-electron chi connectivity index (χ4n) is 0.966. The van der Waals surface area contributed by atoms with Crippen LogP contribution in [0.15, 0.2) is 12.3 Å². The van der Waals surface area contributed by atoms with E-state index in [0.29, 0.717) is 0 Å². The lowest BCUT2D eigenvalue weighted by Gasteiger charge is -2.07. The van der Waals surface area contributed by atoms with Gasteiger partial charge in [0.05, 0.1) is 11.3 Å². The molecule has 1 aromatic heterocycles. The van der Waals surface area contributed by atoms with Crippen molar-refractivity contribution in [1.82, 2.24) is 4.98 Å². The average Bonchev–Trinajstić information content (AvgIpc) is 2.16. The third-order valence-electron chi connectivity index (χ3n) is 1.61. The molecule has 0 fully saturated rings. The van der Waals surface area contributed by atoms with Crippen LogP contribution in [0.25, 0.3) is 0 Å². The molecule has 0 radical (unpaired) electrons. The second-order valence-electron chi connectivity index (χ2n) is 2.54. The molecule has 0 bridgehead atoms. The van der Waals surface area contributed by atoms with E-state index in [1.807, 2.05) is 0 Å². The lowest BCUT2D eigenvalue weighted by Crippen LogP contribution is -2.11. The summed E-state index contributed by atoms with van der Waals surface area (Å²) < 4.78 is 11.8. The first kappa shape index (κ1) is 10.2. The van der Waals surface area contributed by atoms with Gasteiger partial charge in [-0.25, -0.2) is 14.2 Å². The number of carbonyl (C=O) groups is 1. The van der Waals surface area contributed by atoms with E-state index < -0.39 is 12.6 Å². The number of alkyl halides is 1. The number of hydrogen-bond acceptors (Lipinski definition) is 4. The number of nitrogens with one attached hydrogen (secondary N) is 1. The Labute approximate surface area is 79.8 Å². The molecule has 0 amide bonds. The van der Waals surface area contributed by atoms with Crippen LogP contribution in [0.3, 0.4) is 0 Å². The minimum absolute atomic E-state index is 0.0217. The van der Waals surface area contributed by atoms with E-state index in [1.54, 1.807) is 0 Å². The van der Waals surface area contributed by atoms with Gasteiger partial charge < -0.3 is 16.2 Å². The van der Waals surface area contributed by atoms with Crippen molar-refractivity contribution in [2.45, 2.75) is 0 Å². The molecule has 14 heavy (non-hydrogen) atoms. The summed E-state index contributed by atoms with van der Waals surface area (Å²) in [6.07, 6.45) is 1.31. The van der Waals surface area contributed by atoms with Crippen molar-refractivity contribution in [2.24, 2.45) is 0 Å². The van der Waals surface area contributed by atoms with Gasteiger partial charge in [0.2, 0.25) is 0 Å². The number of aromatic carboxylic acids is 1. The minimum Gasteiger partial charge on any atom is -0.478 e. The van der Waals surface area contributed by atoms with Gasteiger partial charge in [-0.2, -0.15) is 0 Å². The molecular formula is C8H10FN3O2. The van der Waals surface area contributed by atoms with Gasteiger partial charge in [-0.05, 0) is 6.07 Å². The first-order valence-electron chi connectivity index (χ1n) is 3.94. The Bertz CT molecular complexity index is 343. The van der Waals surface area contributed by atoms with Crippen molar-refractivity contribution in [3.05, 3.63) is 17.8 Å². The van der Waals surface area contributed by atoms with Crippen LogP contribution in [-0.4, -0.2) is 29.3 Å². The molecule has 0 spiro atoms. The van der Waals surface area contributed by atoms with Crippen molar-refractivity contribution in [3.8, 4) is 0 Å². The largest absolute Gasteiger partial charge is 0.478 e. The lowest BCUT2D eigenvalue weighted by molar-refractivity contribution is 0.0698. The monoisotopic (exact) mass is 199 g/mol. The van der Waals surface area contributed by atoms with E-state index in [2.05, 4.69) is 10.3 Å². The van der Waals surface area contributed by atoms with E-state index in [9.17, 15) is 9.18 Å². The van der Waals surface area contributed by atoms with Crippen molar-refractivity contribution in [3.63, 3.8) is 0 Å². The predicted molar refractivity (Wildman–Crippen MR) is 50.1 cm³/mol. The summed E-state index contributed by atoms with van der Waals surface area (Å²) in [5.74, 6) is -0.934. The molecular weight excluding hydrogens is 189 g/mol. The van der Waals surface area contributed by atoms with Gasteiger partial charge >= 0.3 is 5.97 Å². The second-order valence-corrected chi connectivity index (χ2v) is 2.54. The van der Waals surface area contributed by atoms with Crippen molar-refractivity contribution in [1.29, 1.82) is 0 Å². The Morgan fingerprint density at radius 1 is 1.71 bits per heavy atom.